The highest BCUT2D eigenvalue weighted by molar-refractivity contribution is 9.10. The van der Waals surface area contributed by atoms with Gasteiger partial charge in [0.2, 0.25) is 5.91 Å². The molecule has 0 unspecified atom stereocenters. The number of rotatable bonds is 3. The van der Waals surface area contributed by atoms with Gasteiger partial charge in [0.05, 0.1) is 17.6 Å². The molecule has 1 aliphatic heterocycles. The lowest BCUT2D eigenvalue weighted by Crippen LogP contribution is -2.35. The molecule has 0 spiro atoms. The van der Waals surface area contributed by atoms with E-state index in [-0.39, 0.29) is 11.9 Å². The number of amides is 1. The molecule has 2 rings (SSSR count). The van der Waals surface area contributed by atoms with Crippen molar-refractivity contribution < 1.29 is 9.53 Å². The smallest absolute Gasteiger partial charge is 0.241 e. The number of hydrogen-bond donors (Lipinski definition) is 2. The van der Waals surface area contributed by atoms with Gasteiger partial charge in [-0.05, 0) is 47.4 Å². The van der Waals surface area contributed by atoms with Gasteiger partial charge in [-0.3, -0.25) is 4.79 Å². The minimum absolute atomic E-state index is 0.0203. The monoisotopic (exact) mass is 298 g/mol. The Balaban J connectivity index is 2.05. The van der Waals surface area contributed by atoms with Crippen molar-refractivity contribution in [3.63, 3.8) is 0 Å². The second kappa shape index (κ2) is 5.51. The molecular weight excluding hydrogens is 284 g/mol. The fourth-order valence-electron chi connectivity index (χ4n) is 1.88. The average Bonchev–Trinajstić information content (AvgIpc) is 2.85. The fourth-order valence-corrected chi connectivity index (χ4v) is 2.28. The standard InChI is InChI=1S/C12H15BrN2O2/c1-17-11-7-8(4-5-9(11)13)15-12(16)10-3-2-6-14-10/h4-5,7,10,14H,2-3,6H2,1H3,(H,15,16)/t10-/m1/s1. The minimum Gasteiger partial charge on any atom is -0.495 e. The number of benzene rings is 1. The maximum Gasteiger partial charge on any atom is 0.241 e. The molecule has 1 fully saturated rings. The zero-order chi connectivity index (χ0) is 12.3. The molecule has 1 aliphatic rings. The Hall–Kier alpha value is -1.07. The average molecular weight is 299 g/mol. The maximum absolute atomic E-state index is 11.9. The molecule has 0 aliphatic carbocycles. The molecule has 1 saturated heterocycles. The van der Waals surface area contributed by atoms with Crippen LogP contribution in [0.2, 0.25) is 0 Å². The van der Waals surface area contributed by atoms with E-state index in [0.29, 0.717) is 5.75 Å². The van der Waals surface area contributed by atoms with Gasteiger partial charge in [0.15, 0.2) is 0 Å². The lowest BCUT2D eigenvalue weighted by atomic mass is 10.2. The first-order chi connectivity index (χ1) is 8.20. The molecule has 17 heavy (non-hydrogen) atoms. The van der Waals surface area contributed by atoms with Crippen molar-refractivity contribution in [3.8, 4) is 5.75 Å². The van der Waals surface area contributed by atoms with Crippen LogP contribution in [0.5, 0.6) is 5.75 Å². The van der Waals surface area contributed by atoms with Crippen LogP contribution in [0.25, 0.3) is 0 Å². The first kappa shape index (κ1) is 12.4. The van der Waals surface area contributed by atoms with Crippen LogP contribution < -0.4 is 15.4 Å². The first-order valence-electron chi connectivity index (χ1n) is 5.58. The predicted octanol–water partition coefficient (Wildman–Crippen LogP) is 2.15. The van der Waals surface area contributed by atoms with Crippen molar-refractivity contribution >= 4 is 27.5 Å². The highest BCUT2D eigenvalue weighted by atomic mass is 79.9. The zero-order valence-corrected chi connectivity index (χ0v) is 11.2. The minimum atomic E-state index is -0.0651. The van der Waals surface area contributed by atoms with Gasteiger partial charge in [0.1, 0.15) is 5.75 Å². The highest BCUT2D eigenvalue weighted by Crippen LogP contribution is 2.28. The molecule has 1 heterocycles. The summed E-state index contributed by atoms with van der Waals surface area (Å²) in [6, 6.07) is 5.44. The Morgan fingerprint density at radius 2 is 2.41 bits per heavy atom. The molecule has 4 nitrogen and oxygen atoms in total. The predicted molar refractivity (Wildman–Crippen MR) is 70.3 cm³/mol. The van der Waals surface area contributed by atoms with E-state index < -0.39 is 0 Å². The number of ether oxygens (including phenoxy) is 1. The molecule has 0 aromatic heterocycles. The van der Waals surface area contributed by atoms with Gasteiger partial charge in [0, 0.05) is 11.8 Å². The van der Waals surface area contributed by atoms with Crippen LogP contribution in [-0.2, 0) is 4.79 Å². The Morgan fingerprint density at radius 3 is 3.06 bits per heavy atom. The topological polar surface area (TPSA) is 50.4 Å². The Bertz CT molecular complexity index is 417. The summed E-state index contributed by atoms with van der Waals surface area (Å²) in [4.78, 5) is 11.9. The highest BCUT2D eigenvalue weighted by Gasteiger charge is 2.21. The lowest BCUT2D eigenvalue weighted by Gasteiger charge is -2.12. The molecule has 1 aromatic rings. The SMILES string of the molecule is COc1cc(NC(=O)[C@H]2CCCN2)ccc1Br. The Morgan fingerprint density at radius 1 is 1.59 bits per heavy atom. The molecule has 0 bridgehead atoms. The van der Waals surface area contributed by atoms with E-state index in [1.54, 1.807) is 13.2 Å². The molecule has 1 aromatic carbocycles. The van der Waals surface area contributed by atoms with Crippen LogP contribution in [0, 0.1) is 0 Å². The van der Waals surface area contributed by atoms with E-state index in [4.69, 9.17) is 4.74 Å². The van der Waals surface area contributed by atoms with Crippen molar-refractivity contribution in [1.82, 2.24) is 5.32 Å². The summed E-state index contributed by atoms with van der Waals surface area (Å²) in [5.74, 6) is 0.731. The van der Waals surface area contributed by atoms with Gasteiger partial charge in [-0.2, -0.15) is 0 Å². The van der Waals surface area contributed by atoms with Crippen LogP contribution in [0.4, 0.5) is 5.69 Å². The third kappa shape index (κ3) is 2.98. The Kier molecular flexibility index (Phi) is 4.02. The van der Waals surface area contributed by atoms with E-state index >= 15 is 0 Å². The number of hydrogen-bond acceptors (Lipinski definition) is 3. The molecule has 1 amide bonds. The van der Waals surface area contributed by atoms with Crippen molar-refractivity contribution in [2.45, 2.75) is 18.9 Å². The maximum atomic E-state index is 11.9. The summed E-state index contributed by atoms with van der Waals surface area (Å²) in [6.07, 6.45) is 1.96. The summed E-state index contributed by atoms with van der Waals surface area (Å²) in [7, 11) is 1.60. The van der Waals surface area contributed by atoms with Crippen LogP contribution in [0.1, 0.15) is 12.8 Å². The quantitative estimate of drug-likeness (QED) is 0.899. The van der Waals surface area contributed by atoms with Gasteiger partial charge < -0.3 is 15.4 Å². The molecule has 92 valence electrons. The fraction of sp³-hybridized carbons (Fsp3) is 0.417. The van der Waals surface area contributed by atoms with E-state index in [1.165, 1.54) is 0 Å². The van der Waals surface area contributed by atoms with Crippen molar-refractivity contribution in [3.05, 3.63) is 22.7 Å². The number of nitrogens with one attached hydrogen (secondary N) is 2. The van der Waals surface area contributed by atoms with Gasteiger partial charge in [-0.15, -0.1) is 0 Å². The number of halogens is 1. The molecule has 1 atom stereocenters. The summed E-state index contributed by atoms with van der Waals surface area (Å²) in [6.45, 7) is 0.918. The first-order valence-corrected chi connectivity index (χ1v) is 6.38. The third-order valence-corrected chi connectivity index (χ3v) is 3.45. The largest absolute Gasteiger partial charge is 0.495 e. The van der Waals surface area contributed by atoms with Gasteiger partial charge in [-0.1, -0.05) is 0 Å². The molecule has 5 heteroatoms. The molecular formula is C12H15BrN2O2. The summed E-state index contributed by atoms with van der Waals surface area (Å²) >= 11 is 3.37. The second-order valence-electron chi connectivity index (χ2n) is 3.99. The normalized spacial score (nSPS) is 19.1. The van der Waals surface area contributed by atoms with Crippen LogP contribution in [0.15, 0.2) is 22.7 Å². The summed E-state index contributed by atoms with van der Waals surface area (Å²) in [5, 5.41) is 6.05. The van der Waals surface area contributed by atoms with E-state index in [2.05, 4.69) is 26.6 Å². The van der Waals surface area contributed by atoms with Crippen molar-refractivity contribution in [2.24, 2.45) is 0 Å². The zero-order valence-electron chi connectivity index (χ0n) is 9.63. The van der Waals surface area contributed by atoms with Gasteiger partial charge in [0.25, 0.3) is 0 Å². The van der Waals surface area contributed by atoms with Crippen LogP contribution in [0.3, 0.4) is 0 Å². The number of carbonyl (C=O) groups excluding carboxylic acids is 1. The Labute approximate surface area is 109 Å². The van der Waals surface area contributed by atoms with Crippen LogP contribution in [-0.4, -0.2) is 25.6 Å². The van der Waals surface area contributed by atoms with Crippen molar-refractivity contribution in [1.29, 1.82) is 0 Å². The second-order valence-corrected chi connectivity index (χ2v) is 4.84. The van der Waals surface area contributed by atoms with E-state index in [1.807, 2.05) is 12.1 Å². The van der Waals surface area contributed by atoms with Crippen molar-refractivity contribution in [2.75, 3.05) is 19.0 Å². The van der Waals surface area contributed by atoms with Gasteiger partial charge >= 0.3 is 0 Å². The molecule has 0 saturated carbocycles. The van der Waals surface area contributed by atoms with Gasteiger partial charge in [-0.25, -0.2) is 0 Å². The van der Waals surface area contributed by atoms with Crippen LogP contribution >= 0.6 is 15.9 Å². The summed E-state index contributed by atoms with van der Waals surface area (Å²) in [5.41, 5.74) is 0.753. The molecule has 0 radical (unpaired) electrons. The van der Waals surface area contributed by atoms with E-state index in [0.717, 1.165) is 29.5 Å². The number of methoxy groups -OCH3 is 1. The third-order valence-electron chi connectivity index (χ3n) is 2.80. The summed E-state index contributed by atoms with van der Waals surface area (Å²) < 4.78 is 6.05. The van der Waals surface area contributed by atoms with E-state index in [9.17, 15) is 4.79 Å². The lowest BCUT2D eigenvalue weighted by molar-refractivity contribution is -0.117. The molecule has 2 N–H and O–H groups in total. The number of anilines is 1. The number of carbonyl (C=O) groups is 1.